The van der Waals surface area contributed by atoms with Crippen molar-refractivity contribution >= 4 is 49.6 Å². The van der Waals surface area contributed by atoms with Crippen LogP contribution in [0.4, 0.5) is 0 Å². The molecular weight excluding hydrogens is 574 g/mol. The summed E-state index contributed by atoms with van der Waals surface area (Å²) < 4.78 is 0. The van der Waals surface area contributed by atoms with Gasteiger partial charge in [0, 0.05) is 0 Å². The van der Waals surface area contributed by atoms with Crippen molar-refractivity contribution < 1.29 is 35.5 Å². The van der Waals surface area contributed by atoms with Crippen LogP contribution < -0.4 is 0 Å². The van der Waals surface area contributed by atoms with Crippen LogP contribution in [-0.4, -0.2) is 23.1 Å². The third kappa shape index (κ3) is 19.2. The first-order valence-electron chi connectivity index (χ1n) is 0.239. The van der Waals surface area contributed by atoms with Gasteiger partial charge in [-0.15, -0.1) is 0 Å². The molecule has 0 aromatic rings. The summed E-state index contributed by atoms with van der Waals surface area (Å²) in [5, 5.41) is 0. The van der Waals surface area contributed by atoms with E-state index in [-0.39, 0.29) is 23.1 Å². The zero-order valence-corrected chi connectivity index (χ0v) is 11.2. The summed E-state index contributed by atoms with van der Waals surface area (Å²) in [6.45, 7) is 0. The molecule has 0 heterocycles. The van der Waals surface area contributed by atoms with Gasteiger partial charge in [-0.05, 0) is 0 Å². The van der Waals surface area contributed by atoms with E-state index in [1.165, 1.54) is 0 Å². The molecule has 0 radical (unpaired) electrons. The fraction of sp³-hybridized carbons (Fsp3) is 0. The predicted molar refractivity (Wildman–Crippen MR) is 23.6 cm³/mol. The summed E-state index contributed by atoms with van der Waals surface area (Å²) in [5.74, 6) is 0. The maximum absolute atomic E-state index is 2.91. The van der Waals surface area contributed by atoms with E-state index in [0.717, 1.165) is 0 Å². The molecule has 0 aliphatic rings. The molecule has 0 aromatic carbocycles. The predicted octanol–water partition coefficient (Wildman–Crippen LogP) is 1.31. The minimum absolute atomic E-state index is 0. The molecule has 5 heavy (non-hydrogen) atoms. The van der Waals surface area contributed by atoms with Crippen molar-refractivity contribution in [1.82, 2.24) is 0 Å². The molecule has 0 atom stereocenters. The minimum Gasteiger partial charge on any atom is 2.00 e. The summed E-state index contributed by atoms with van der Waals surface area (Å²) >= 11 is 9.72. The number of hydrogen-bond acceptors (Lipinski definition) is 0. The Morgan fingerprint density at radius 3 is 0.800 bits per heavy atom. The molecule has 0 N–H and O–H groups in total. The van der Waals surface area contributed by atoms with Gasteiger partial charge in [0.2, 0.25) is 0 Å². The number of rotatable bonds is 0. The zero-order valence-electron chi connectivity index (χ0n) is 2.10. The van der Waals surface area contributed by atoms with Gasteiger partial charge in [-0.1, -0.05) is 0 Å². The third-order valence-electron chi connectivity index (χ3n) is 0. The van der Waals surface area contributed by atoms with Crippen LogP contribution in [0.2, 0.25) is 0 Å². The van der Waals surface area contributed by atoms with E-state index in [1.54, 1.807) is 0 Å². The fourth-order valence-electron chi connectivity index (χ4n) is 0. The average Bonchev–Trinajstić information content (AvgIpc) is 1.50. The van der Waals surface area contributed by atoms with Gasteiger partial charge in [0.05, 0.1) is 0 Å². The van der Waals surface area contributed by atoms with Gasteiger partial charge < -0.3 is 0 Å². The van der Waals surface area contributed by atoms with Gasteiger partial charge in [0.15, 0.2) is 0 Å². The van der Waals surface area contributed by atoms with Crippen molar-refractivity contribution in [2.45, 2.75) is 0 Å². The molecule has 0 saturated heterocycles. The fourth-order valence-corrected chi connectivity index (χ4v) is 0. The normalized spacial score (nSPS) is 2.80. The topological polar surface area (TPSA) is 0 Å². The van der Waals surface area contributed by atoms with Crippen LogP contribution in [0.15, 0.2) is 0 Å². The molecule has 36 valence electrons. The summed E-state index contributed by atoms with van der Waals surface area (Å²) in [4.78, 5) is 0. The molecule has 5 heteroatoms. The second-order valence-electron chi connectivity index (χ2n) is 0. The van der Waals surface area contributed by atoms with Crippen LogP contribution in [0, 0.1) is 0 Å². The Hall–Kier alpha value is 3.10. The maximum Gasteiger partial charge on any atom is 2.00 e. The van der Waals surface area contributed by atoms with Crippen LogP contribution in [0.25, 0.3) is 0 Å². The Morgan fingerprint density at radius 1 is 0.800 bits per heavy atom. The zero-order chi connectivity index (χ0) is 4.00. The van der Waals surface area contributed by atoms with E-state index in [9.17, 15) is 0 Å². The van der Waals surface area contributed by atoms with Crippen molar-refractivity contribution in [3.05, 3.63) is 0 Å². The molecule has 0 aliphatic carbocycles. The van der Waals surface area contributed by atoms with Crippen molar-refractivity contribution in [2.24, 2.45) is 0 Å². The van der Waals surface area contributed by atoms with Gasteiger partial charge in [0.1, 0.15) is 0 Å². The first kappa shape index (κ1) is 15.7. The monoisotopic (exact) mass is 572 g/mol. The Kier molecular flexibility index (Phi) is 86.3. The Balaban J connectivity index is -0.0000000133. The molecule has 0 unspecified atom stereocenters. The van der Waals surface area contributed by atoms with Gasteiger partial charge in [0.25, 0.3) is 0 Å². The van der Waals surface area contributed by atoms with Crippen molar-refractivity contribution in [3.8, 4) is 0 Å². The average molecular weight is 574 g/mol. The Bertz CT molecular complexity index is 7.61. The molecule has 0 amide bonds. The second-order valence-corrected chi connectivity index (χ2v) is 0. The first-order valence-corrected chi connectivity index (χ1v) is 10.2. The van der Waals surface area contributed by atoms with Crippen LogP contribution in [0.1, 0.15) is 0 Å². The van der Waals surface area contributed by atoms with Gasteiger partial charge in [-0.3, -0.25) is 0 Å². The molecule has 0 nitrogen and oxygen atoms in total. The summed E-state index contributed by atoms with van der Waals surface area (Å²) in [6, 6.07) is 0. The molecule has 0 saturated carbocycles. The largest absolute Gasteiger partial charge is 2.00 e. The molecule has 0 rings (SSSR count). The molecule has 0 aromatic heterocycles. The van der Waals surface area contributed by atoms with Crippen LogP contribution >= 0.6 is 26.6 Å². The van der Waals surface area contributed by atoms with Gasteiger partial charge in [-0.2, -0.15) is 0 Å². The molecule has 0 aliphatic heterocycles. The van der Waals surface area contributed by atoms with E-state index in [4.69, 9.17) is 0 Å². The van der Waals surface area contributed by atoms with Crippen LogP contribution in [0.5, 0.6) is 0 Å². The molecular formula is Br2MgPt2. The maximum atomic E-state index is 2.91. The summed E-state index contributed by atoms with van der Waals surface area (Å²) in [5.41, 5.74) is 0. The molecule has 0 spiro atoms. The number of halogens is 2. The summed E-state index contributed by atoms with van der Waals surface area (Å²) in [6.07, 6.45) is 0. The van der Waals surface area contributed by atoms with Crippen molar-refractivity contribution in [2.75, 3.05) is 0 Å². The second kappa shape index (κ2) is 27.5. The standard InChI is InChI=1S/2BrH.Mg.2Pt/h2*1H;;;/q;;+2;;/p-2. The molecule has 0 fully saturated rings. The first-order chi connectivity index (χ1) is 2.00. The smallest absolute Gasteiger partial charge is 2.00 e. The third-order valence-corrected chi connectivity index (χ3v) is 0. The van der Waals surface area contributed by atoms with Crippen molar-refractivity contribution in [3.63, 3.8) is 0 Å². The summed E-state index contributed by atoms with van der Waals surface area (Å²) in [7, 11) is 0. The van der Waals surface area contributed by atoms with Gasteiger partial charge >= 0.3 is 85.2 Å². The van der Waals surface area contributed by atoms with Gasteiger partial charge in [-0.25, -0.2) is 0 Å². The SMILES string of the molecule is [Br][Pt-].[Br][Pt-].[Mg+2]. The van der Waals surface area contributed by atoms with E-state index in [2.05, 4.69) is 26.6 Å². The Labute approximate surface area is 83.5 Å². The number of hydrogen-bond donors (Lipinski definition) is 0. The van der Waals surface area contributed by atoms with Crippen molar-refractivity contribution in [1.29, 1.82) is 0 Å². The van der Waals surface area contributed by atoms with E-state index >= 15 is 0 Å². The minimum atomic E-state index is 0. The van der Waals surface area contributed by atoms with E-state index in [0.29, 0.717) is 0 Å². The van der Waals surface area contributed by atoms with E-state index < -0.39 is 0 Å². The molecule has 0 bridgehead atoms. The van der Waals surface area contributed by atoms with E-state index in [1.807, 2.05) is 35.5 Å². The quantitative estimate of drug-likeness (QED) is 0.383. The Morgan fingerprint density at radius 2 is 0.800 bits per heavy atom. The van der Waals surface area contributed by atoms with Crippen LogP contribution in [-0.2, 0) is 35.5 Å². The van der Waals surface area contributed by atoms with Crippen LogP contribution in [0.3, 0.4) is 0 Å².